The lowest BCUT2D eigenvalue weighted by Gasteiger charge is -2.11. The zero-order valence-corrected chi connectivity index (χ0v) is 23.8. The zero-order chi connectivity index (χ0) is 26.5. The van der Waals surface area contributed by atoms with Gasteiger partial charge in [0, 0.05) is 7.05 Å². The quantitative estimate of drug-likeness (QED) is 0.198. The molecule has 0 spiro atoms. The molecule has 0 saturated carbocycles. The molecular weight excluding hydrogens is 627 g/mol. The maximum absolute atomic E-state index is 13.1. The third-order valence-electron chi connectivity index (χ3n) is 5.22. The number of esters is 1. The van der Waals surface area contributed by atoms with Crippen LogP contribution in [0.25, 0.3) is 6.08 Å². The van der Waals surface area contributed by atoms with E-state index in [1.54, 1.807) is 56.4 Å². The summed E-state index contributed by atoms with van der Waals surface area (Å²) in [7, 11) is 1.67. The number of thioether (sulfide) groups is 1. The topological polar surface area (TPSA) is 68.2 Å². The van der Waals surface area contributed by atoms with Crippen LogP contribution in [0.5, 0.6) is 5.75 Å². The fourth-order valence-electron chi connectivity index (χ4n) is 3.34. The van der Waals surface area contributed by atoms with Crippen molar-refractivity contribution in [3.05, 3.63) is 97.0 Å². The van der Waals surface area contributed by atoms with Crippen molar-refractivity contribution in [1.29, 1.82) is 0 Å². The lowest BCUT2D eigenvalue weighted by atomic mass is 10.2. The van der Waals surface area contributed by atoms with Gasteiger partial charge in [0.15, 0.2) is 5.17 Å². The molecule has 3 aromatic carbocycles. The van der Waals surface area contributed by atoms with Gasteiger partial charge in [-0.15, -0.1) is 0 Å². The summed E-state index contributed by atoms with van der Waals surface area (Å²) in [6, 6.07) is 16.5. The minimum atomic E-state index is -0.390. The van der Waals surface area contributed by atoms with Crippen molar-refractivity contribution in [3.8, 4) is 5.75 Å². The number of nitrogens with zero attached hydrogens (tertiary/aromatic N) is 2. The van der Waals surface area contributed by atoms with E-state index >= 15 is 0 Å². The highest BCUT2D eigenvalue weighted by molar-refractivity contribution is 9.11. The number of ether oxygens (including phenoxy) is 2. The SMILES string of the molecule is CCOC(=O)c1ccc(N=C2S/C(=C\c3cc(Br)c(OCc4ccc(F)cc4)c(Br)c3)C(=O)N2C)cc1. The van der Waals surface area contributed by atoms with Crippen LogP contribution >= 0.6 is 43.6 Å². The molecule has 1 saturated heterocycles. The van der Waals surface area contributed by atoms with Gasteiger partial charge in [0.1, 0.15) is 18.2 Å². The summed E-state index contributed by atoms with van der Waals surface area (Å²) in [5.74, 6) is -0.259. The van der Waals surface area contributed by atoms with Crippen molar-refractivity contribution in [1.82, 2.24) is 4.90 Å². The molecule has 4 rings (SSSR count). The summed E-state index contributed by atoms with van der Waals surface area (Å²) in [5.41, 5.74) is 2.68. The van der Waals surface area contributed by atoms with E-state index in [2.05, 4.69) is 36.9 Å². The first-order valence-corrected chi connectivity index (χ1v) is 13.5. The van der Waals surface area contributed by atoms with Crippen molar-refractivity contribution < 1.29 is 23.5 Å². The Bertz CT molecular complexity index is 1370. The number of carbonyl (C=O) groups excluding carboxylic acids is 2. The predicted octanol–water partition coefficient (Wildman–Crippen LogP) is 7.34. The van der Waals surface area contributed by atoms with Gasteiger partial charge in [-0.05, 0) is 116 Å². The van der Waals surface area contributed by atoms with E-state index in [0.717, 1.165) is 11.1 Å². The first kappa shape index (κ1) is 27.1. The van der Waals surface area contributed by atoms with Gasteiger partial charge in [0.25, 0.3) is 5.91 Å². The average molecular weight is 648 g/mol. The van der Waals surface area contributed by atoms with Crippen molar-refractivity contribution in [2.75, 3.05) is 13.7 Å². The number of hydrogen-bond donors (Lipinski definition) is 0. The van der Waals surface area contributed by atoms with E-state index < -0.39 is 5.97 Å². The van der Waals surface area contributed by atoms with Gasteiger partial charge in [-0.2, -0.15) is 0 Å². The van der Waals surface area contributed by atoms with Crippen LogP contribution in [0.2, 0.25) is 0 Å². The maximum Gasteiger partial charge on any atom is 0.338 e. The predicted molar refractivity (Wildman–Crippen MR) is 150 cm³/mol. The second-order valence-electron chi connectivity index (χ2n) is 7.87. The summed E-state index contributed by atoms with van der Waals surface area (Å²) in [5, 5.41) is 0.525. The van der Waals surface area contributed by atoms with E-state index in [4.69, 9.17) is 9.47 Å². The van der Waals surface area contributed by atoms with Crippen LogP contribution in [0.15, 0.2) is 79.5 Å². The monoisotopic (exact) mass is 646 g/mol. The smallest absolute Gasteiger partial charge is 0.338 e. The molecule has 1 fully saturated rings. The molecule has 0 radical (unpaired) electrons. The Kier molecular flexibility index (Phi) is 8.83. The summed E-state index contributed by atoms with van der Waals surface area (Å²) in [6.07, 6.45) is 1.79. The van der Waals surface area contributed by atoms with E-state index in [0.29, 0.717) is 42.6 Å². The number of amidine groups is 1. The van der Waals surface area contributed by atoms with E-state index in [9.17, 15) is 14.0 Å². The molecule has 0 aromatic heterocycles. The Morgan fingerprint density at radius 3 is 2.35 bits per heavy atom. The molecule has 6 nitrogen and oxygen atoms in total. The van der Waals surface area contributed by atoms with Crippen molar-refractivity contribution >= 4 is 72.4 Å². The molecule has 10 heteroatoms. The van der Waals surface area contributed by atoms with Crippen molar-refractivity contribution in [2.24, 2.45) is 4.99 Å². The third-order valence-corrected chi connectivity index (χ3v) is 7.46. The standard InChI is InChI=1S/C27H21Br2FN2O4S/c1-3-35-26(34)18-6-10-20(11-7-18)31-27-32(2)25(33)23(37-27)14-17-12-21(28)24(22(29)13-17)36-15-16-4-8-19(30)9-5-16/h4-14H,3,15H2,1-2H3/b23-14-,31-27?. The van der Waals surface area contributed by atoms with Crippen LogP contribution in [0, 0.1) is 5.82 Å². The summed E-state index contributed by atoms with van der Waals surface area (Å²) in [6.45, 7) is 2.33. The van der Waals surface area contributed by atoms with E-state index in [1.165, 1.54) is 28.8 Å². The van der Waals surface area contributed by atoms with Gasteiger partial charge >= 0.3 is 5.97 Å². The molecule has 3 aromatic rings. The Morgan fingerprint density at radius 1 is 1.08 bits per heavy atom. The number of aliphatic imine (C=N–C) groups is 1. The van der Waals surface area contributed by atoms with Crippen LogP contribution in [0.3, 0.4) is 0 Å². The molecule has 190 valence electrons. The summed E-state index contributed by atoms with van der Waals surface area (Å²) >= 11 is 8.34. The average Bonchev–Trinajstić information content (AvgIpc) is 3.12. The molecular formula is C27H21Br2FN2O4S. The number of halogens is 3. The number of rotatable bonds is 7. The highest BCUT2D eigenvalue weighted by atomic mass is 79.9. The largest absolute Gasteiger partial charge is 0.487 e. The van der Waals surface area contributed by atoms with E-state index in [1.807, 2.05) is 12.1 Å². The Morgan fingerprint density at radius 2 is 1.73 bits per heavy atom. The maximum atomic E-state index is 13.1. The molecule has 1 aliphatic heterocycles. The highest BCUT2D eigenvalue weighted by Gasteiger charge is 2.30. The van der Waals surface area contributed by atoms with Crippen LogP contribution in [-0.2, 0) is 16.1 Å². The molecule has 1 heterocycles. The van der Waals surface area contributed by atoms with Gasteiger partial charge < -0.3 is 9.47 Å². The number of carbonyl (C=O) groups is 2. The number of likely N-dealkylation sites (N-methyl/N-ethyl adjacent to an activating group) is 1. The van der Waals surface area contributed by atoms with Crippen LogP contribution in [0.1, 0.15) is 28.4 Å². The number of amides is 1. The van der Waals surface area contributed by atoms with Crippen molar-refractivity contribution in [3.63, 3.8) is 0 Å². The lowest BCUT2D eigenvalue weighted by Crippen LogP contribution is -2.23. The van der Waals surface area contributed by atoms with Gasteiger partial charge in [-0.3, -0.25) is 9.69 Å². The fourth-order valence-corrected chi connectivity index (χ4v) is 5.77. The Balaban J connectivity index is 1.49. The fraction of sp³-hybridized carbons (Fsp3) is 0.148. The highest BCUT2D eigenvalue weighted by Crippen LogP contribution is 2.38. The Hall–Kier alpha value is -2.95. The molecule has 0 bridgehead atoms. The second-order valence-corrected chi connectivity index (χ2v) is 10.6. The first-order chi connectivity index (χ1) is 17.7. The molecule has 0 aliphatic carbocycles. The van der Waals surface area contributed by atoms with Crippen LogP contribution in [0.4, 0.5) is 10.1 Å². The minimum Gasteiger partial charge on any atom is -0.487 e. The number of hydrogen-bond acceptors (Lipinski definition) is 6. The molecule has 37 heavy (non-hydrogen) atoms. The summed E-state index contributed by atoms with van der Waals surface area (Å²) < 4.78 is 25.4. The third kappa shape index (κ3) is 6.68. The Labute approximate surface area is 234 Å². The zero-order valence-electron chi connectivity index (χ0n) is 19.8. The molecule has 1 aliphatic rings. The second kappa shape index (κ2) is 12.1. The summed E-state index contributed by atoms with van der Waals surface area (Å²) in [4.78, 5) is 31.3. The van der Waals surface area contributed by atoms with Gasteiger partial charge in [-0.1, -0.05) is 12.1 Å². The van der Waals surface area contributed by atoms with Gasteiger partial charge in [0.2, 0.25) is 0 Å². The normalized spacial score (nSPS) is 15.5. The van der Waals surface area contributed by atoms with Crippen LogP contribution < -0.4 is 4.74 Å². The number of benzene rings is 3. The molecule has 0 N–H and O–H groups in total. The first-order valence-electron chi connectivity index (χ1n) is 11.1. The van der Waals surface area contributed by atoms with E-state index in [-0.39, 0.29) is 18.3 Å². The van der Waals surface area contributed by atoms with Gasteiger partial charge in [0.05, 0.1) is 31.7 Å². The molecule has 0 unspecified atom stereocenters. The van der Waals surface area contributed by atoms with Gasteiger partial charge in [-0.25, -0.2) is 14.2 Å². The molecule has 1 amide bonds. The molecule has 0 atom stereocenters. The van der Waals surface area contributed by atoms with Crippen LogP contribution in [-0.4, -0.2) is 35.6 Å². The lowest BCUT2D eigenvalue weighted by molar-refractivity contribution is -0.121. The van der Waals surface area contributed by atoms with Crippen molar-refractivity contribution in [2.45, 2.75) is 13.5 Å². The minimum absolute atomic E-state index is 0.171.